The highest BCUT2D eigenvalue weighted by Crippen LogP contribution is 2.23. The van der Waals surface area contributed by atoms with Crippen LogP contribution < -0.4 is 5.32 Å². The van der Waals surface area contributed by atoms with Gasteiger partial charge in [-0.25, -0.2) is 4.79 Å². The molecule has 3 rings (SSSR count). The molecule has 0 fully saturated rings. The van der Waals surface area contributed by atoms with Gasteiger partial charge in [0.05, 0.1) is 18.3 Å². The van der Waals surface area contributed by atoms with Gasteiger partial charge in [-0.15, -0.1) is 10.2 Å². The molecule has 0 saturated carbocycles. The molecule has 1 atom stereocenters. The van der Waals surface area contributed by atoms with Crippen molar-refractivity contribution >= 4 is 6.03 Å². The SMILES string of the molecule is C[C@H](NC(=O)N(C)Cc1n[nH]c2c1CCC2)c1nncn1C. The number of H-pyrrole nitrogens is 1. The number of nitrogens with one attached hydrogen (secondary N) is 2. The minimum atomic E-state index is -0.202. The molecule has 0 unspecified atom stereocenters. The number of aryl methyl sites for hydroxylation is 2. The van der Waals surface area contributed by atoms with Crippen molar-refractivity contribution in [2.45, 2.75) is 38.8 Å². The average Bonchev–Trinajstić information content (AvgIpc) is 3.17. The Hall–Kier alpha value is -2.38. The van der Waals surface area contributed by atoms with Gasteiger partial charge in [0.15, 0.2) is 5.82 Å². The van der Waals surface area contributed by atoms with Crippen molar-refractivity contribution in [2.75, 3.05) is 7.05 Å². The highest BCUT2D eigenvalue weighted by atomic mass is 16.2. The first kappa shape index (κ1) is 14.6. The van der Waals surface area contributed by atoms with Gasteiger partial charge in [0, 0.05) is 19.8 Å². The molecule has 2 aromatic heterocycles. The van der Waals surface area contributed by atoms with Gasteiger partial charge in [0.2, 0.25) is 0 Å². The predicted octanol–water partition coefficient (Wildman–Crippen LogP) is 0.929. The van der Waals surface area contributed by atoms with E-state index in [9.17, 15) is 4.79 Å². The zero-order valence-corrected chi connectivity index (χ0v) is 13.1. The molecule has 118 valence electrons. The Morgan fingerprint density at radius 1 is 1.55 bits per heavy atom. The van der Waals surface area contributed by atoms with E-state index in [0.717, 1.165) is 30.8 Å². The fourth-order valence-corrected chi connectivity index (χ4v) is 2.86. The normalized spacial score (nSPS) is 14.7. The first-order valence-electron chi connectivity index (χ1n) is 7.46. The van der Waals surface area contributed by atoms with E-state index in [1.807, 2.05) is 14.0 Å². The summed E-state index contributed by atoms with van der Waals surface area (Å²) in [6, 6.07) is -0.349. The predicted molar refractivity (Wildman–Crippen MR) is 80.0 cm³/mol. The summed E-state index contributed by atoms with van der Waals surface area (Å²) < 4.78 is 1.80. The van der Waals surface area contributed by atoms with Gasteiger partial charge in [-0.2, -0.15) is 5.10 Å². The first-order valence-corrected chi connectivity index (χ1v) is 7.46. The van der Waals surface area contributed by atoms with Gasteiger partial charge in [-0.3, -0.25) is 5.10 Å². The minimum Gasteiger partial charge on any atom is -0.328 e. The summed E-state index contributed by atoms with van der Waals surface area (Å²) in [6.07, 6.45) is 4.89. The molecule has 0 saturated heterocycles. The van der Waals surface area contributed by atoms with Crippen molar-refractivity contribution in [1.82, 2.24) is 35.2 Å². The Balaban J connectivity index is 1.61. The second-order valence-corrected chi connectivity index (χ2v) is 5.81. The van der Waals surface area contributed by atoms with Gasteiger partial charge < -0.3 is 14.8 Å². The molecular weight excluding hydrogens is 282 g/mol. The Morgan fingerprint density at radius 3 is 3.09 bits per heavy atom. The third-order valence-corrected chi connectivity index (χ3v) is 4.10. The maximum absolute atomic E-state index is 12.3. The second-order valence-electron chi connectivity index (χ2n) is 5.81. The number of rotatable bonds is 4. The molecule has 2 amide bonds. The van der Waals surface area contributed by atoms with Gasteiger partial charge in [0.25, 0.3) is 0 Å². The molecule has 2 aromatic rings. The number of carbonyl (C=O) groups is 1. The number of urea groups is 1. The van der Waals surface area contributed by atoms with Crippen molar-refractivity contribution in [3.8, 4) is 0 Å². The van der Waals surface area contributed by atoms with Crippen LogP contribution in [0.15, 0.2) is 6.33 Å². The largest absolute Gasteiger partial charge is 0.328 e. The van der Waals surface area contributed by atoms with E-state index >= 15 is 0 Å². The molecule has 8 heteroatoms. The number of hydrogen-bond acceptors (Lipinski definition) is 4. The molecule has 0 spiro atoms. The fraction of sp³-hybridized carbons (Fsp3) is 0.571. The Kier molecular flexibility index (Phi) is 3.82. The van der Waals surface area contributed by atoms with Gasteiger partial charge in [-0.1, -0.05) is 0 Å². The van der Waals surface area contributed by atoms with Crippen LogP contribution in [0.4, 0.5) is 4.79 Å². The van der Waals surface area contributed by atoms with Crippen LogP contribution in [-0.4, -0.2) is 42.9 Å². The summed E-state index contributed by atoms with van der Waals surface area (Å²) in [5.74, 6) is 0.724. The lowest BCUT2D eigenvalue weighted by Gasteiger charge is -2.20. The Morgan fingerprint density at radius 2 is 2.36 bits per heavy atom. The molecule has 2 heterocycles. The lowest BCUT2D eigenvalue weighted by atomic mass is 10.2. The zero-order valence-electron chi connectivity index (χ0n) is 13.1. The summed E-state index contributed by atoms with van der Waals surface area (Å²) in [5, 5.41) is 18.2. The van der Waals surface area contributed by atoms with Gasteiger partial charge in [0.1, 0.15) is 6.33 Å². The Bertz CT molecular complexity index is 675. The van der Waals surface area contributed by atoms with Crippen LogP contribution in [0.3, 0.4) is 0 Å². The molecule has 1 aliphatic carbocycles. The maximum Gasteiger partial charge on any atom is 0.318 e. The molecule has 22 heavy (non-hydrogen) atoms. The standard InChI is InChI=1S/C14H21N7O/c1-9(13-19-15-8-21(13)3)16-14(22)20(2)7-12-10-5-4-6-11(10)17-18-12/h8-9H,4-7H2,1-3H3,(H,16,22)(H,17,18)/t9-/m0/s1. The minimum absolute atomic E-state index is 0.148. The number of hydrogen-bond donors (Lipinski definition) is 2. The fourth-order valence-electron chi connectivity index (χ4n) is 2.86. The number of fused-ring (bicyclic) bond motifs is 1. The van der Waals surface area contributed by atoms with Crippen LogP contribution in [-0.2, 0) is 26.4 Å². The topological polar surface area (TPSA) is 91.7 Å². The average molecular weight is 303 g/mol. The quantitative estimate of drug-likeness (QED) is 0.879. The van der Waals surface area contributed by atoms with Crippen molar-refractivity contribution in [2.24, 2.45) is 7.05 Å². The zero-order chi connectivity index (χ0) is 15.7. The Labute approximate surface area is 128 Å². The van der Waals surface area contributed by atoms with Crippen LogP contribution in [0.2, 0.25) is 0 Å². The molecule has 0 radical (unpaired) electrons. The van der Waals surface area contributed by atoms with Gasteiger partial charge in [-0.05, 0) is 31.7 Å². The lowest BCUT2D eigenvalue weighted by Crippen LogP contribution is -2.39. The number of aromatic amines is 1. The van der Waals surface area contributed by atoms with Gasteiger partial charge >= 0.3 is 6.03 Å². The molecule has 0 aromatic carbocycles. The number of carbonyl (C=O) groups excluding carboxylic acids is 1. The highest BCUT2D eigenvalue weighted by molar-refractivity contribution is 5.74. The number of aromatic nitrogens is 5. The molecular formula is C14H21N7O. The van der Waals surface area contributed by atoms with Crippen molar-refractivity contribution in [1.29, 1.82) is 0 Å². The first-order chi connectivity index (χ1) is 10.6. The van der Waals surface area contributed by atoms with Crippen molar-refractivity contribution < 1.29 is 4.79 Å². The molecule has 0 aliphatic heterocycles. The second kappa shape index (κ2) is 5.78. The van der Waals surface area contributed by atoms with Crippen molar-refractivity contribution in [3.63, 3.8) is 0 Å². The van der Waals surface area contributed by atoms with E-state index in [0.29, 0.717) is 6.54 Å². The van der Waals surface area contributed by atoms with E-state index in [1.54, 1.807) is 22.8 Å². The van der Waals surface area contributed by atoms with Crippen molar-refractivity contribution in [3.05, 3.63) is 29.1 Å². The highest BCUT2D eigenvalue weighted by Gasteiger charge is 2.22. The van der Waals surface area contributed by atoms with Crippen LogP contribution in [0.1, 0.15) is 42.2 Å². The van der Waals surface area contributed by atoms with E-state index < -0.39 is 0 Å². The summed E-state index contributed by atoms with van der Waals surface area (Å²) in [6.45, 7) is 2.39. The summed E-state index contributed by atoms with van der Waals surface area (Å²) in [7, 11) is 3.63. The molecule has 8 nitrogen and oxygen atoms in total. The molecule has 1 aliphatic rings. The number of nitrogens with zero attached hydrogens (tertiary/aromatic N) is 5. The molecule has 2 N–H and O–H groups in total. The van der Waals surface area contributed by atoms with E-state index in [-0.39, 0.29) is 12.1 Å². The monoisotopic (exact) mass is 303 g/mol. The smallest absolute Gasteiger partial charge is 0.318 e. The van der Waals surface area contributed by atoms with E-state index in [4.69, 9.17) is 0 Å². The number of amides is 2. The van der Waals surface area contributed by atoms with Crippen LogP contribution in [0.5, 0.6) is 0 Å². The molecule has 0 bridgehead atoms. The van der Waals surface area contributed by atoms with Crippen LogP contribution in [0, 0.1) is 0 Å². The maximum atomic E-state index is 12.3. The van der Waals surface area contributed by atoms with Crippen LogP contribution in [0.25, 0.3) is 0 Å². The lowest BCUT2D eigenvalue weighted by molar-refractivity contribution is 0.202. The third-order valence-electron chi connectivity index (χ3n) is 4.10. The third kappa shape index (κ3) is 2.68. The summed E-state index contributed by atoms with van der Waals surface area (Å²) >= 11 is 0. The summed E-state index contributed by atoms with van der Waals surface area (Å²) in [4.78, 5) is 13.9. The van der Waals surface area contributed by atoms with Crippen LogP contribution >= 0.6 is 0 Å². The van der Waals surface area contributed by atoms with E-state index in [2.05, 4.69) is 25.7 Å². The van der Waals surface area contributed by atoms with E-state index in [1.165, 1.54) is 11.3 Å². The summed E-state index contributed by atoms with van der Waals surface area (Å²) in [5.41, 5.74) is 3.47.